The Hall–Kier alpha value is -1.82. The van der Waals surface area contributed by atoms with Gasteiger partial charge in [0.25, 0.3) is 0 Å². The molecule has 0 radical (unpaired) electrons. The maximum atomic E-state index is 8.56. The van der Waals surface area contributed by atoms with Crippen molar-refractivity contribution in [3.05, 3.63) is 36.2 Å². The lowest BCUT2D eigenvalue weighted by Crippen LogP contribution is -2.14. The van der Waals surface area contributed by atoms with Gasteiger partial charge in [-0.05, 0) is 19.1 Å². The van der Waals surface area contributed by atoms with E-state index in [1.807, 2.05) is 24.9 Å². The summed E-state index contributed by atoms with van der Waals surface area (Å²) in [6, 6.07) is 5.56. The van der Waals surface area contributed by atoms with Gasteiger partial charge in [0.15, 0.2) is 0 Å². The molecule has 0 saturated carbocycles. The van der Waals surface area contributed by atoms with Crippen molar-refractivity contribution in [2.75, 3.05) is 11.9 Å². The average molecular weight is 173 g/mol. The molecule has 0 aliphatic carbocycles. The molecule has 3 heteroatoms. The van der Waals surface area contributed by atoms with Gasteiger partial charge in [-0.15, -0.1) is 0 Å². The minimum Gasteiger partial charge on any atom is -0.334 e. The van der Waals surface area contributed by atoms with Crippen molar-refractivity contribution in [1.29, 1.82) is 5.26 Å². The SMILES string of the molecule is C=C(C)N(C)c1ccc(C#N)cn1. The van der Waals surface area contributed by atoms with Crippen molar-refractivity contribution >= 4 is 5.82 Å². The third-order valence-corrected chi connectivity index (χ3v) is 1.79. The predicted octanol–water partition coefficient (Wildman–Crippen LogP) is 1.92. The van der Waals surface area contributed by atoms with Gasteiger partial charge in [0.1, 0.15) is 11.9 Å². The normalized spacial score (nSPS) is 9.00. The van der Waals surface area contributed by atoms with Crippen LogP contribution >= 0.6 is 0 Å². The molecular weight excluding hydrogens is 162 g/mol. The van der Waals surface area contributed by atoms with Crippen LogP contribution in [0.25, 0.3) is 0 Å². The van der Waals surface area contributed by atoms with Gasteiger partial charge in [-0.3, -0.25) is 0 Å². The zero-order valence-electron chi connectivity index (χ0n) is 7.78. The molecule has 66 valence electrons. The van der Waals surface area contributed by atoms with E-state index in [9.17, 15) is 0 Å². The van der Waals surface area contributed by atoms with E-state index in [0.717, 1.165) is 11.5 Å². The third kappa shape index (κ3) is 2.06. The van der Waals surface area contributed by atoms with Crippen molar-refractivity contribution in [3.8, 4) is 6.07 Å². The molecule has 0 fully saturated rings. The van der Waals surface area contributed by atoms with Crippen LogP contribution in [0.5, 0.6) is 0 Å². The maximum Gasteiger partial charge on any atom is 0.132 e. The van der Waals surface area contributed by atoms with Gasteiger partial charge in [-0.1, -0.05) is 6.58 Å². The van der Waals surface area contributed by atoms with Crippen LogP contribution in [0.2, 0.25) is 0 Å². The van der Waals surface area contributed by atoms with Crippen LogP contribution in [0.15, 0.2) is 30.6 Å². The zero-order valence-corrected chi connectivity index (χ0v) is 7.78. The molecule has 0 amide bonds. The number of nitrogens with zero attached hydrogens (tertiary/aromatic N) is 3. The highest BCUT2D eigenvalue weighted by Crippen LogP contribution is 2.12. The fraction of sp³-hybridized carbons (Fsp3) is 0.200. The van der Waals surface area contributed by atoms with Gasteiger partial charge < -0.3 is 4.90 Å². The van der Waals surface area contributed by atoms with E-state index < -0.39 is 0 Å². The Morgan fingerprint density at radius 3 is 2.69 bits per heavy atom. The molecule has 3 nitrogen and oxygen atoms in total. The average Bonchev–Trinajstić information content (AvgIpc) is 2.17. The molecule has 0 atom stereocenters. The Morgan fingerprint density at radius 1 is 1.62 bits per heavy atom. The summed E-state index contributed by atoms with van der Waals surface area (Å²) in [7, 11) is 1.89. The second kappa shape index (κ2) is 3.72. The van der Waals surface area contributed by atoms with E-state index in [0.29, 0.717) is 5.56 Å². The van der Waals surface area contributed by atoms with E-state index in [1.54, 1.807) is 18.3 Å². The summed E-state index contributed by atoms with van der Waals surface area (Å²) in [4.78, 5) is 5.98. The number of aromatic nitrogens is 1. The Balaban J connectivity index is 2.93. The first-order valence-corrected chi connectivity index (χ1v) is 3.90. The van der Waals surface area contributed by atoms with E-state index in [-0.39, 0.29) is 0 Å². The molecular formula is C10H11N3. The second-order valence-electron chi connectivity index (χ2n) is 2.81. The Morgan fingerprint density at radius 2 is 2.31 bits per heavy atom. The first-order chi connectivity index (χ1) is 6.15. The molecule has 0 aliphatic heterocycles. The molecule has 0 saturated heterocycles. The van der Waals surface area contributed by atoms with Gasteiger partial charge in [-0.25, -0.2) is 4.98 Å². The maximum absolute atomic E-state index is 8.56. The van der Waals surface area contributed by atoms with Gasteiger partial charge >= 0.3 is 0 Å². The molecule has 1 heterocycles. The summed E-state index contributed by atoms with van der Waals surface area (Å²) in [6.07, 6.45) is 1.55. The van der Waals surface area contributed by atoms with Crippen molar-refractivity contribution < 1.29 is 0 Å². The summed E-state index contributed by atoms with van der Waals surface area (Å²) in [5, 5.41) is 8.56. The fourth-order valence-corrected chi connectivity index (χ4v) is 0.846. The lowest BCUT2D eigenvalue weighted by Gasteiger charge is -2.17. The first kappa shape index (κ1) is 9.27. The van der Waals surface area contributed by atoms with Crippen molar-refractivity contribution in [2.24, 2.45) is 0 Å². The van der Waals surface area contributed by atoms with Crippen LogP contribution in [-0.4, -0.2) is 12.0 Å². The van der Waals surface area contributed by atoms with Crippen molar-refractivity contribution in [3.63, 3.8) is 0 Å². The van der Waals surface area contributed by atoms with E-state index >= 15 is 0 Å². The van der Waals surface area contributed by atoms with Crippen molar-refractivity contribution in [2.45, 2.75) is 6.92 Å². The van der Waals surface area contributed by atoms with Crippen LogP contribution < -0.4 is 4.90 Å². The highest BCUT2D eigenvalue weighted by molar-refractivity contribution is 5.45. The summed E-state index contributed by atoms with van der Waals surface area (Å²) in [5.74, 6) is 0.798. The molecule has 0 spiro atoms. The van der Waals surface area contributed by atoms with Crippen LogP contribution in [0.4, 0.5) is 5.82 Å². The fourth-order valence-electron chi connectivity index (χ4n) is 0.846. The van der Waals surface area contributed by atoms with Crippen LogP contribution in [-0.2, 0) is 0 Å². The molecule has 13 heavy (non-hydrogen) atoms. The number of hydrogen-bond acceptors (Lipinski definition) is 3. The number of anilines is 1. The topological polar surface area (TPSA) is 39.9 Å². The standard InChI is InChI=1S/C10H11N3/c1-8(2)13(3)10-5-4-9(6-11)7-12-10/h4-5,7H,1H2,2-3H3. The Bertz CT molecular complexity index is 345. The molecule has 0 bridgehead atoms. The molecule has 0 unspecified atom stereocenters. The van der Waals surface area contributed by atoms with E-state index in [4.69, 9.17) is 5.26 Å². The minimum atomic E-state index is 0.568. The lowest BCUT2D eigenvalue weighted by atomic mass is 10.3. The van der Waals surface area contributed by atoms with E-state index in [2.05, 4.69) is 11.6 Å². The van der Waals surface area contributed by atoms with Gasteiger partial charge in [-0.2, -0.15) is 5.26 Å². The number of hydrogen-bond donors (Lipinski definition) is 0. The molecule has 1 aromatic rings. The molecule has 0 aromatic carbocycles. The minimum absolute atomic E-state index is 0.568. The number of allylic oxidation sites excluding steroid dienone is 1. The number of nitriles is 1. The van der Waals surface area contributed by atoms with Crippen LogP contribution in [0.1, 0.15) is 12.5 Å². The monoisotopic (exact) mass is 173 g/mol. The van der Waals surface area contributed by atoms with Crippen LogP contribution in [0, 0.1) is 11.3 Å². The zero-order chi connectivity index (χ0) is 9.84. The van der Waals surface area contributed by atoms with Gasteiger partial charge in [0.2, 0.25) is 0 Å². The number of pyridine rings is 1. The smallest absolute Gasteiger partial charge is 0.132 e. The third-order valence-electron chi connectivity index (χ3n) is 1.79. The first-order valence-electron chi connectivity index (χ1n) is 3.90. The summed E-state index contributed by atoms with van der Waals surface area (Å²) in [6.45, 7) is 5.70. The van der Waals surface area contributed by atoms with Crippen LogP contribution in [0.3, 0.4) is 0 Å². The molecule has 1 rings (SSSR count). The summed E-state index contributed by atoms with van der Waals surface area (Å²) < 4.78 is 0. The molecule has 0 aliphatic rings. The van der Waals surface area contributed by atoms with Gasteiger partial charge in [0.05, 0.1) is 5.56 Å². The highest BCUT2D eigenvalue weighted by atomic mass is 15.2. The number of rotatable bonds is 2. The largest absolute Gasteiger partial charge is 0.334 e. The predicted molar refractivity (Wildman–Crippen MR) is 52.2 cm³/mol. The van der Waals surface area contributed by atoms with Crippen molar-refractivity contribution in [1.82, 2.24) is 4.98 Å². The Kier molecular flexibility index (Phi) is 2.65. The molecule has 0 N–H and O–H groups in total. The summed E-state index contributed by atoms with van der Waals surface area (Å²) >= 11 is 0. The second-order valence-corrected chi connectivity index (χ2v) is 2.81. The van der Waals surface area contributed by atoms with E-state index in [1.165, 1.54) is 0 Å². The lowest BCUT2D eigenvalue weighted by molar-refractivity contribution is 1.05. The van der Waals surface area contributed by atoms with Gasteiger partial charge in [0, 0.05) is 18.9 Å². The summed E-state index contributed by atoms with van der Waals surface area (Å²) in [5.41, 5.74) is 1.48. The molecule has 1 aromatic heterocycles. The quantitative estimate of drug-likeness (QED) is 0.686. The highest BCUT2D eigenvalue weighted by Gasteiger charge is 2.01. The Labute approximate surface area is 77.9 Å².